The molecule has 4 aromatic rings. The van der Waals surface area contributed by atoms with E-state index in [2.05, 4.69) is 22.6 Å². The summed E-state index contributed by atoms with van der Waals surface area (Å²) >= 11 is 2.15. The van der Waals surface area contributed by atoms with Crippen molar-refractivity contribution in [1.29, 1.82) is 0 Å². The Hall–Kier alpha value is -4.73. The van der Waals surface area contributed by atoms with Crippen LogP contribution in [0.25, 0.3) is 0 Å². The molecule has 4 heterocycles. The zero-order valence-electron chi connectivity index (χ0n) is 33.5. The zero-order chi connectivity index (χ0) is 40.8. The van der Waals surface area contributed by atoms with Crippen molar-refractivity contribution in [2.75, 3.05) is 53.1 Å². The number of carboxylic acids is 2. The van der Waals surface area contributed by atoms with Crippen LogP contribution in [0.1, 0.15) is 59.3 Å². The molecule has 57 heavy (non-hydrogen) atoms. The molecule has 4 aromatic carbocycles. The lowest BCUT2D eigenvalue weighted by molar-refractivity contribution is -0.954. The molecule has 0 radical (unpaired) electrons. The van der Waals surface area contributed by atoms with Gasteiger partial charge in [-0.3, -0.25) is 0 Å². The molecule has 2 N–H and O–H groups in total. The summed E-state index contributed by atoms with van der Waals surface area (Å²) in [6, 6.07) is 17.6. The van der Waals surface area contributed by atoms with Crippen molar-refractivity contribution in [2.24, 2.45) is 0 Å². The second-order valence-electron chi connectivity index (χ2n) is 15.7. The van der Waals surface area contributed by atoms with Crippen molar-refractivity contribution in [3.63, 3.8) is 0 Å². The van der Waals surface area contributed by atoms with Crippen LogP contribution in [-0.2, 0) is 35.3 Å². The van der Waals surface area contributed by atoms with Crippen molar-refractivity contribution < 1.29 is 57.2 Å². The first-order valence-electron chi connectivity index (χ1n) is 19.2. The third kappa shape index (κ3) is 7.22. The van der Waals surface area contributed by atoms with Crippen LogP contribution in [0.15, 0.2) is 60.7 Å². The molecule has 6 atom stereocenters. The summed E-state index contributed by atoms with van der Waals surface area (Å²) in [5, 5.41) is 21.0. The lowest BCUT2D eigenvalue weighted by Gasteiger charge is -2.49. The highest BCUT2D eigenvalue weighted by molar-refractivity contribution is 14.1. The highest BCUT2D eigenvalue weighted by Gasteiger charge is 2.49. The predicted octanol–water partition coefficient (Wildman–Crippen LogP) is 7.90. The number of ether oxygens (including phenoxy) is 6. The number of hydrogen-bond donors (Lipinski definition) is 2. The van der Waals surface area contributed by atoms with Crippen molar-refractivity contribution >= 4 is 34.5 Å². The Labute approximate surface area is 347 Å². The molecule has 4 aliphatic rings. The third-order valence-electron chi connectivity index (χ3n) is 12.9. The lowest BCUT2D eigenvalue weighted by Crippen LogP contribution is -2.59. The predicted molar refractivity (Wildman–Crippen MR) is 222 cm³/mol. The van der Waals surface area contributed by atoms with E-state index in [1.807, 2.05) is 74.8 Å². The van der Waals surface area contributed by atoms with Crippen molar-refractivity contribution in [2.45, 2.75) is 63.7 Å². The Kier molecular flexibility index (Phi) is 11.3. The van der Waals surface area contributed by atoms with Gasteiger partial charge in [0, 0.05) is 31.2 Å². The normalized spacial score (nSPS) is 23.3. The Morgan fingerprint density at radius 2 is 1.30 bits per heavy atom. The van der Waals surface area contributed by atoms with E-state index in [0.717, 1.165) is 33.4 Å². The van der Waals surface area contributed by atoms with E-state index in [1.54, 1.807) is 35.2 Å². The largest absolute Gasteiger partial charge is 0.493 e. The summed E-state index contributed by atoms with van der Waals surface area (Å²) in [4.78, 5) is 25.6. The van der Waals surface area contributed by atoms with E-state index < -0.39 is 30.1 Å². The summed E-state index contributed by atoms with van der Waals surface area (Å²) in [6.45, 7) is 4.70. The van der Waals surface area contributed by atoms with Gasteiger partial charge in [0.25, 0.3) is 0 Å². The molecule has 0 aliphatic carbocycles. The number of nitrogens with zero attached hydrogens (tertiary/aromatic N) is 2. The molecule has 0 spiro atoms. The standard InChI is InChI=1S/C44H49IN2O10/c1-25(43(48)49)46(3)16-14-29-21-36(53-6)38-23-32(29)33(46)18-27-8-11-31(12-9-27)56-37-20-28(10-13-35(37)52-5)19-34-40-30(15-17-47(34,4)26(2)44(50)51)22-39(54-7)41(55-24-45)42(40)57-38/h8-13,20-23,25-26,33-34H,14-19,24H2,1-7H3/p+2. The zero-order valence-corrected chi connectivity index (χ0v) is 35.6. The minimum absolute atomic E-state index is 0.185. The topological polar surface area (TPSA) is 130 Å². The van der Waals surface area contributed by atoms with Gasteiger partial charge in [0.05, 0.1) is 54.1 Å². The summed E-state index contributed by atoms with van der Waals surface area (Å²) in [6.07, 6.45) is 2.19. The molecule has 8 rings (SSSR count). The summed E-state index contributed by atoms with van der Waals surface area (Å²) < 4.78 is 38.6. The first-order valence-corrected chi connectivity index (χ1v) is 20.7. The van der Waals surface area contributed by atoms with E-state index in [1.165, 1.54) is 0 Å². The minimum atomic E-state index is -0.901. The highest BCUT2D eigenvalue weighted by atomic mass is 127. The number of methoxy groups -OCH3 is 3. The third-order valence-corrected chi connectivity index (χ3v) is 13.3. The molecule has 302 valence electrons. The number of halogens is 1. The SMILES string of the molecule is COc1ccc2cc1Oc1ccc(cc1)CC1c3cc(c(OC)cc3CC[N+]1(C)C(C)C(=O)O)Oc1c(OCI)c(OC)cc3c1C(C2)[N+](C)(C(C)C(=O)O)CC3. The van der Waals surface area contributed by atoms with Crippen molar-refractivity contribution in [3.05, 3.63) is 94.0 Å². The molecule has 0 aromatic heterocycles. The number of hydrogen-bond acceptors (Lipinski definition) is 8. The average molecular weight is 895 g/mol. The molecular weight excluding hydrogens is 843 g/mol. The van der Waals surface area contributed by atoms with Crippen LogP contribution in [0, 0.1) is 0 Å². The van der Waals surface area contributed by atoms with Gasteiger partial charge in [0.1, 0.15) is 22.4 Å². The van der Waals surface area contributed by atoms with Gasteiger partial charge >= 0.3 is 11.9 Å². The molecule has 6 bridgehead atoms. The molecule has 12 nitrogen and oxygen atoms in total. The number of carbonyl (C=O) groups is 2. The van der Waals surface area contributed by atoms with Crippen molar-refractivity contribution in [3.8, 4) is 46.0 Å². The first kappa shape index (κ1) is 40.5. The highest BCUT2D eigenvalue weighted by Crippen LogP contribution is 2.54. The Balaban J connectivity index is 1.55. The van der Waals surface area contributed by atoms with Gasteiger partial charge in [-0.1, -0.05) is 18.2 Å². The number of fused-ring (bicyclic) bond motifs is 2. The maximum absolute atomic E-state index is 12.9. The van der Waals surface area contributed by atoms with Gasteiger partial charge in [-0.05, 0) is 101 Å². The van der Waals surface area contributed by atoms with Crippen molar-refractivity contribution in [1.82, 2.24) is 0 Å². The number of benzene rings is 4. The number of quaternary nitrogens is 2. The van der Waals surface area contributed by atoms with Crippen LogP contribution in [0.3, 0.4) is 0 Å². The molecule has 0 saturated heterocycles. The minimum Gasteiger partial charge on any atom is -0.493 e. The Bertz CT molecular complexity index is 2190. The van der Waals surface area contributed by atoms with Gasteiger partial charge < -0.3 is 47.6 Å². The Morgan fingerprint density at radius 3 is 1.91 bits per heavy atom. The van der Waals surface area contributed by atoms with Crippen LogP contribution in [-0.4, -0.2) is 96.3 Å². The van der Waals surface area contributed by atoms with Gasteiger partial charge in [0.15, 0.2) is 46.6 Å². The van der Waals surface area contributed by atoms with E-state index in [4.69, 9.17) is 28.4 Å². The van der Waals surface area contributed by atoms with Crippen LogP contribution >= 0.6 is 22.6 Å². The summed E-state index contributed by atoms with van der Waals surface area (Å²) in [5.41, 5.74) is 5.76. The van der Waals surface area contributed by atoms with Crippen LogP contribution in [0.5, 0.6) is 46.0 Å². The maximum Gasteiger partial charge on any atom is 0.362 e. The molecule has 13 heteroatoms. The number of rotatable bonds is 9. The van der Waals surface area contributed by atoms with Crippen LogP contribution < -0.4 is 28.4 Å². The fraction of sp³-hybridized carbons (Fsp3) is 0.409. The number of carboxylic acid groups (broad SMARTS) is 2. The number of likely N-dealkylation sites (N-methyl/N-ethyl adjacent to an activating group) is 2. The second-order valence-corrected chi connectivity index (χ2v) is 16.3. The molecular formula is C44H51IN2O10+2. The number of aliphatic carboxylic acids is 2. The second kappa shape index (κ2) is 15.9. The maximum atomic E-state index is 12.9. The van der Waals surface area contributed by atoms with Crippen LogP contribution in [0.2, 0.25) is 0 Å². The fourth-order valence-corrected chi connectivity index (χ4v) is 9.41. The molecule has 4 aliphatic heterocycles. The van der Waals surface area contributed by atoms with E-state index in [-0.39, 0.29) is 19.6 Å². The van der Waals surface area contributed by atoms with E-state index in [9.17, 15) is 19.8 Å². The molecule has 0 amide bonds. The first-order chi connectivity index (χ1) is 27.3. The van der Waals surface area contributed by atoms with E-state index >= 15 is 0 Å². The number of alkyl halides is 1. The fourth-order valence-electron chi connectivity index (χ4n) is 9.09. The summed E-state index contributed by atoms with van der Waals surface area (Å²) in [5.74, 6) is 2.22. The van der Waals surface area contributed by atoms with Crippen LogP contribution in [0.4, 0.5) is 0 Å². The van der Waals surface area contributed by atoms with Gasteiger partial charge in [0.2, 0.25) is 5.75 Å². The van der Waals surface area contributed by atoms with Gasteiger partial charge in [-0.2, -0.15) is 0 Å². The smallest absolute Gasteiger partial charge is 0.362 e. The van der Waals surface area contributed by atoms with Gasteiger partial charge in [-0.25, -0.2) is 9.59 Å². The van der Waals surface area contributed by atoms with Gasteiger partial charge in [-0.15, -0.1) is 0 Å². The molecule has 6 unspecified atom stereocenters. The summed E-state index contributed by atoms with van der Waals surface area (Å²) in [7, 11) is 8.83. The molecule has 0 saturated carbocycles. The quantitative estimate of drug-likeness (QED) is 0.0973. The average Bonchev–Trinajstić information content (AvgIpc) is 3.20. The monoisotopic (exact) mass is 894 g/mol. The van der Waals surface area contributed by atoms with E-state index in [0.29, 0.717) is 84.8 Å². The Morgan fingerprint density at radius 1 is 0.737 bits per heavy atom. The lowest BCUT2D eigenvalue weighted by atomic mass is 9.84. The molecule has 0 fully saturated rings.